The molecule has 0 N–H and O–H groups in total. The lowest BCUT2D eigenvalue weighted by Gasteiger charge is -2.03. The minimum Gasteiger partial charge on any atom is -0.350 e. The first-order valence-corrected chi connectivity index (χ1v) is 3.02. The molecule has 0 aliphatic carbocycles. The lowest BCUT2D eigenvalue weighted by atomic mass is 10.3. The summed E-state index contributed by atoms with van der Waals surface area (Å²) in [5.41, 5.74) is 0. The van der Waals surface area contributed by atoms with Crippen molar-refractivity contribution in [1.29, 1.82) is 0 Å². The molecule has 0 rings (SSSR count). The molecule has 0 saturated carbocycles. The van der Waals surface area contributed by atoms with Crippen molar-refractivity contribution in [3.8, 4) is 12.3 Å². The van der Waals surface area contributed by atoms with E-state index in [4.69, 9.17) is 22.8 Å². The van der Waals surface area contributed by atoms with Gasteiger partial charge in [-0.2, -0.15) is 0 Å². The number of ether oxygens (including phenoxy) is 1. The third-order valence-electron chi connectivity index (χ3n) is 0.821. The third kappa shape index (κ3) is 2.90. The smallest absolute Gasteiger partial charge is 0.122 e. The van der Waals surface area contributed by atoms with Gasteiger partial charge in [0.2, 0.25) is 0 Å². The number of hydrogen-bond donors (Lipinski definition) is 0. The molecule has 0 aliphatic heterocycles. The van der Waals surface area contributed by atoms with E-state index in [2.05, 4.69) is 5.92 Å². The van der Waals surface area contributed by atoms with E-state index in [1.165, 1.54) is 0 Å². The standard InChI is InChI=1S/C6H9ClO/c1-3-6(4-2)8-5-7/h1,6H,4-5H2,2H3. The van der Waals surface area contributed by atoms with Gasteiger partial charge in [-0.3, -0.25) is 0 Å². The van der Waals surface area contributed by atoms with Crippen molar-refractivity contribution in [1.82, 2.24) is 0 Å². The van der Waals surface area contributed by atoms with E-state index in [1.807, 2.05) is 6.92 Å². The summed E-state index contributed by atoms with van der Waals surface area (Å²) in [4.78, 5) is 0. The Bertz CT molecular complexity index is 85.0. The van der Waals surface area contributed by atoms with Gasteiger partial charge in [0, 0.05) is 0 Å². The highest BCUT2D eigenvalue weighted by molar-refractivity contribution is 6.17. The molecule has 0 radical (unpaired) electrons. The van der Waals surface area contributed by atoms with E-state index in [1.54, 1.807) is 0 Å². The zero-order valence-electron chi connectivity index (χ0n) is 4.86. The normalized spacial score (nSPS) is 12.6. The number of hydrogen-bond acceptors (Lipinski definition) is 1. The minimum atomic E-state index is -0.104. The maximum Gasteiger partial charge on any atom is 0.122 e. The highest BCUT2D eigenvalue weighted by Crippen LogP contribution is 1.95. The molecular weight excluding hydrogens is 124 g/mol. The highest BCUT2D eigenvalue weighted by Gasteiger charge is 1.96. The number of terminal acetylenes is 1. The van der Waals surface area contributed by atoms with Crippen LogP contribution in [0.3, 0.4) is 0 Å². The maximum absolute atomic E-state index is 5.24. The minimum absolute atomic E-state index is 0.104. The molecule has 0 amide bonds. The average molecular weight is 133 g/mol. The Morgan fingerprint density at radius 1 is 1.88 bits per heavy atom. The predicted molar refractivity (Wildman–Crippen MR) is 34.7 cm³/mol. The summed E-state index contributed by atoms with van der Waals surface area (Å²) in [6.45, 7) is 1.96. The molecule has 0 bridgehead atoms. The van der Waals surface area contributed by atoms with Gasteiger partial charge in [-0.15, -0.1) is 6.42 Å². The van der Waals surface area contributed by atoms with Crippen molar-refractivity contribution >= 4 is 11.6 Å². The Labute approximate surface area is 55.0 Å². The Balaban J connectivity index is 3.26. The van der Waals surface area contributed by atoms with Crippen LogP contribution in [0.25, 0.3) is 0 Å². The monoisotopic (exact) mass is 132 g/mol. The SMILES string of the molecule is C#CC(CC)OCCl. The predicted octanol–water partition coefficient (Wildman–Crippen LogP) is 1.61. The Kier molecular flexibility index (Phi) is 4.84. The van der Waals surface area contributed by atoms with Crippen LogP contribution in [0.1, 0.15) is 13.3 Å². The Morgan fingerprint density at radius 2 is 2.50 bits per heavy atom. The molecule has 0 aromatic heterocycles. The van der Waals surface area contributed by atoms with Crippen LogP contribution < -0.4 is 0 Å². The average Bonchev–Trinajstić information content (AvgIpc) is 1.83. The van der Waals surface area contributed by atoms with Crippen LogP contribution in [0.2, 0.25) is 0 Å². The van der Waals surface area contributed by atoms with E-state index < -0.39 is 0 Å². The number of halogens is 1. The number of alkyl halides is 1. The van der Waals surface area contributed by atoms with Crippen LogP contribution in [0.5, 0.6) is 0 Å². The molecule has 0 fully saturated rings. The van der Waals surface area contributed by atoms with Crippen molar-refractivity contribution in [2.45, 2.75) is 19.4 Å². The molecule has 0 aromatic rings. The van der Waals surface area contributed by atoms with E-state index in [9.17, 15) is 0 Å². The van der Waals surface area contributed by atoms with Gasteiger partial charge in [0.15, 0.2) is 0 Å². The Hall–Kier alpha value is -0.190. The van der Waals surface area contributed by atoms with Crippen LogP contribution in [0.4, 0.5) is 0 Å². The summed E-state index contributed by atoms with van der Waals surface area (Å²) in [5.74, 6) is 2.45. The van der Waals surface area contributed by atoms with Gasteiger partial charge in [-0.05, 0) is 6.42 Å². The maximum atomic E-state index is 5.24. The third-order valence-corrected chi connectivity index (χ3v) is 0.947. The summed E-state index contributed by atoms with van der Waals surface area (Å²) in [6, 6.07) is 0.183. The second-order valence-electron chi connectivity index (χ2n) is 1.34. The first-order valence-electron chi connectivity index (χ1n) is 2.48. The van der Waals surface area contributed by atoms with Crippen molar-refractivity contribution in [3.63, 3.8) is 0 Å². The summed E-state index contributed by atoms with van der Waals surface area (Å²) in [5, 5.41) is 0. The lowest BCUT2D eigenvalue weighted by Crippen LogP contribution is -2.06. The van der Waals surface area contributed by atoms with Gasteiger partial charge in [0.05, 0.1) is 0 Å². The fraction of sp³-hybridized carbons (Fsp3) is 0.667. The molecule has 0 spiro atoms. The van der Waals surface area contributed by atoms with Crippen molar-refractivity contribution in [2.75, 3.05) is 6.07 Å². The molecule has 46 valence electrons. The fourth-order valence-corrected chi connectivity index (χ4v) is 0.512. The molecule has 0 aliphatic rings. The van der Waals surface area contributed by atoms with Gasteiger partial charge in [-0.25, -0.2) is 0 Å². The van der Waals surface area contributed by atoms with Crippen LogP contribution >= 0.6 is 11.6 Å². The summed E-state index contributed by atoms with van der Waals surface area (Å²) in [6.07, 6.45) is 5.75. The summed E-state index contributed by atoms with van der Waals surface area (Å²) in [7, 11) is 0. The zero-order valence-corrected chi connectivity index (χ0v) is 5.61. The van der Waals surface area contributed by atoms with E-state index in [0.29, 0.717) is 0 Å². The van der Waals surface area contributed by atoms with Crippen molar-refractivity contribution in [3.05, 3.63) is 0 Å². The van der Waals surface area contributed by atoms with E-state index in [0.717, 1.165) is 6.42 Å². The molecule has 0 aromatic carbocycles. The van der Waals surface area contributed by atoms with Gasteiger partial charge >= 0.3 is 0 Å². The molecule has 2 heteroatoms. The Morgan fingerprint density at radius 3 is 2.62 bits per heavy atom. The van der Waals surface area contributed by atoms with E-state index in [-0.39, 0.29) is 12.2 Å². The van der Waals surface area contributed by atoms with Crippen LogP contribution in [0.15, 0.2) is 0 Å². The van der Waals surface area contributed by atoms with Crippen molar-refractivity contribution < 1.29 is 4.74 Å². The quantitative estimate of drug-likeness (QED) is 0.419. The number of rotatable bonds is 3. The first-order chi connectivity index (χ1) is 3.85. The lowest BCUT2D eigenvalue weighted by molar-refractivity contribution is 0.128. The molecule has 1 unspecified atom stereocenters. The molecule has 0 heterocycles. The van der Waals surface area contributed by atoms with Gasteiger partial charge in [0.25, 0.3) is 0 Å². The molecule has 0 saturated heterocycles. The second-order valence-corrected chi connectivity index (χ2v) is 1.56. The first kappa shape index (κ1) is 7.81. The van der Waals surface area contributed by atoms with Crippen LogP contribution in [-0.2, 0) is 4.74 Å². The summed E-state index contributed by atoms with van der Waals surface area (Å²) >= 11 is 5.24. The fourth-order valence-electron chi connectivity index (χ4n) is 0.360. The topological polar surface area (TPSA) is 9.23 Å². The van der Waals surface area contributed by atoms with Crippen LogP contribution in [-0.4, -0.2) is 12.2 Å². The zero-order chi connectivity index (χ0) is 6.41. The molecule has 8 heavy (non-hydrogen) atoms. The second kappa shape index (κ2) is 4.96. The molecule has 1 atom stereocenters. The van der Waals surface area contributed by atoms with E-state index >= 15 is 0 Å². The molecular formula is C6H9ClO. The summed E-state index contributed by atoms with van der Waals surface area (Å²) < 4.78 is 4.87. The van der Waals surface area contributed by atoms with Gasteiger partial charge < -0.3 is 4.74 Å². The molecule has 1 nitrogen and oxygen atoms in total. The van der Waals surface area contributed by atoms with Gasteiger partial charge in [-0.1, -0.05) is 24.4 Å². The van der Waals surface area contributed by atoms with Gasteiger partial charge in [0.1, 0.15) is 12.2 Å². The van der Waals surface area contributed by atoms with Crippen molar-refractivity contribution in [2.24, 2.45) is 0 Å². The highest BCUT2D eigenvalue weighted by atomic mass is 35.5. The largest absolute Gasteiger partial charge is 0.350 e. The van der Waals surface area contributed by atoms with Crippen LogP contribution in [0, 0.1) is 12.3 Å².